The highest BCUT2D eigenvalue weighted by atomic mass is 127. The van der Waals surface area contributed by atoms with Gasteiger partial charge in [-0.25, -0.2) is 9.50 Å². The topological polar surface area (TPSA) is 78.2 Å². The summed E-state index contributed by atoms with van der Waals surface area (Å²) in [6.45, 7) is 5.58. The number of nitrogens with one attached hydrogen (secondary N) is 1. The molecule has 0 amide bonds. The molecule has 0 saturated carbocycles. The van der Waals surface area contributed by atoms with Gasteiger partial charge in [0.15, 0.2) is 0 Å². The number of methoxy groups -OCH3 is 1. The maximum absolute atomic E-state index is 9.87. The molecule has 4 aromatic rings. The van der Waals surface area contributed by atoms with Gasteiger partial charge in [-0.15, -0.1) is 5.10 Å². The molecule has 0 aliphatic carbocycles. The molecule has 188 valence electrons. The van der Waals surface area contributed by atoms with Gasteiger partial charge in [-0.2, -0.15) is 0 Å². The Kier molecular flexibility index (Phi) is 7.52. The number of piperazine rings is 1. The Morgan fingerprint density at radius 2 is 1.81 bits per heavy atom. The van der Waals surface area contributed by atoms with Crippen molar-refractivity contribution in [2.24, 2.45) is 0 Å². The van der Waals surface area contributed by atoms with Crippen LogP contribution in [0.5, 0.6) is 5.75 Å². The fourth-order valence-electron chi connectivity index (χ4n) is 4.46. The van der Waals surface area contributed by atoms with Crippen molar-refractivity contribution >= 4 is 57.0 Å². The Labute approximate surface area is 229 Å². The molecule has 1 unspecified atom stereocenters. The molecule has 2 atom stereocenters. The normalized spacial score (nSPS) is 16.2. The Morgan fingerprint density at radius 1 is 1.06 bits per heavy atom. The van der Waals surface area contributed by atoms with Crippen LogP contribution in [0.4, 0.5) is 17.3 Å². The molecular weight excluding hydrogens is 591 g/mol. The molecule has 1 fully saturated rings. The number of alkyl halides is 1. The summed E-state index contributed by atoms with van der Waals surface area (Å²) >= 11 is 8.58. The number of aliphatic hydroxyl groups is 1. The monoisotopic (exact) mass is 618 g/mol. The Bertz CT molecular complexity index is 1340. The third kappa shape index (κ3) is 5.24. The summed E-state index contributed by atoms with van der Waals surface area (Å²) in [5.41, 5.74) is 4.69. The number of nitrogens with zero attached hydrogens (tertiary/aromatic N) is 5. The number of aromatic nitrogens is 3. The van der Waals surface area contributed by atoms with Crippen LogP contribution in [0.2, 0.25) is 5.02 Å². The summed E-state index contributed by atoms with van der Waals surface area (Å²) in [5, 5.41) is 18.5. The van der Waals surface area contributed by atoms with Crippen molar-refractivity contribution < 1.29 is 9.84 Å². The van der Waals surface area contributed by atoms with Crippen molar-refractivity contribution in [3.8, 4) is 17.0 Å². The van der Waals surface area contributed by atoms with Crippen LogP contribution in [0.1, 0.15) is 6.92 Å². The summed E-state index contributed by atoms with van der Waals surface area (Å²) in [6, 6.07) is 17.8. The largest absolute Gasteiger partial charge is 0.496 e. The molecule has 1 aliphatic heterocycles. The molecule has 8 nitrogen and oxygen atoms in total. The van der Waals surface area contributed by atoms with Gasteiger partial charge in [0.2, 0.25) is 5.95 Å². The number of fused-ring (bicyclic) bond motifs is 1. The summed E-state index contributed by atoms with van der Waals surface area (Å²) in [7, 11) is 1.64. The summed E-state index contributed by atoms with van der Waals surface area (Å²) in [4.78, 5) is 9.19. The van der Waals surface area contributed by atoms with E-state index in [0.29, 0.717) is 11.0 Å². The minimum Gasteiger partial charge on any atom is -0.496 e. The molecule has 3 heterocycles. The number of aliphatic hydroxyl groups excluding tert-OH is 1. The fraction of sp³-hybridized carbons (Fsp3) is 0.308. The van der Waals surface area contributed by atoms with Gasteiger partial charge >= 0.3 is 0 Å². The lowest BCUT2D eigenvalue weighted by Gasteiger charge is -2.39. The second kappa shape index (κ2) is 10.8. The zero-order valence-electron chi connectivity index (χ0n) is 20.1. The van der Waals surface area contributed by atoms with Crippen LogP contribution in [0, 0.1) is 0 Å². The number of halogens is 2. The molecule has 10 heteroatoms. The maximum atomic E-state index is 9.87. The van der Waals surface area contributed by atoms with Crippen molar-refractivity contribution in [3.05, 3.63) is 65.8 Å². The minimum atomic E-state index is -0.334. The Balaban J connectivity index is 1.31. The van der Waals surface area contributed by atoms with E-state index in [2.05, 4.69) is 54.8 Å². The third-order valence-corrected chi connectivity index (χ3v) is 8.45. The standard InChI is InChI=1S/C26H28ClIN6O2/c1-17(35)25(28)33-13-11-32(12-14-33)20-6-4-19(5-7-20)30-26-29-16-21-8-9-23(34(21)31-26)22-15-18(27)3-10-24(22)36-2/h3-10,15-17,25,35H,11-14H2,1-2H3,(H,30,31)/t17?,25-/m0/s1. The molecule has 0 bridgehead atoms. The second-order valence-corrected chi connectivity index (χ2v) is 10.5. The van der Waals surface area contributed by atoms with Crippen LogP contribution in [-0.2, 0) is 0 Å². The van der Waals surface area contributed by atoms with Crippen molar-refractivity contribution in [2.75, 3.05) is 43.5 Å². The van der Waals surface area contributed by atoms with E-state index in [-0.39, 0.29) is 10.2 Å². The minimum absolute atomic E-state index is 0.148. The Hall–Kier alpha value is -2.60. The first-order valence-electron chi connectivity index (χ1n) is 11.8. The first-order chi connectivity index (χ1) is 17.4. The van der Waals surface area contributed by atoms with E-state index in [4.69, 9.17) is 21.4 Å². The van der Waals surface area contributed by atoms with Crippen molar-refractivity contribution in [1.29, 1.82) is 0 Å². The summed E-state index contributed by atoms with van der Waals surface area (Å²) in [5.74, 6) is 1.22. The molecular formula is C26H28ClIN6O2. The molecule has 0 spiro atoms. The van der Waals surface area contributed by atoms with Gasteiger partial charge < -0.3 is 20.1 Å². The molecule has 2 aromatic heterocycles. The van der Waals surface area contributed by atoms with Gasteiger partial charge in [0.1, 0.15) is 5.75 Å². The van der Waals surface area contributed by atoms with Crippen molar-refractivity contribution in [3.63, 3.8) is 0 Å². The van der Waals surface area contributed by atoms with Crippen LogP contribution in [-0.4, -0.2) is 68.0 Å². The van der Waals surface area contributed by atoms with Crippen LogP contribution >= 0.6 is 34.2 Å². The van der Waals surface area contributed by atoms with Crippen LogP contribution < -0.4 is 15.0 Å². The van der Waals surface area contributed by atoms with E-state index in [1.807, 2.05) is 47.8 Å². The summed E-state index contributed by atoms with van der Waals surface area (Å²) < 4.78 is 7.52. The van der Waals surface area contributed by atoms with Gasteiger partial charge in [0.05, 0.1) is 34.7 Å². The second-order valence-electron chi connectivity index (χ2n) is 8.79. The van der Waals surface area contributed by atoms with Gasteiger partial charge in [0, 0.05) is 48.1 Å². The number of benzene rings is 2. The third-order valence-electron chi connectivity index (χ3n) is 6.39. The highest BCUT2D eigenvalue weighted by Crippen LogP contribution is 2.33. The first kappa shape index (κ1) is 25.1. The van der Waals surface area contributed by atoms with Gasteiger partial charge in [-0.1, -0.05) is 34.2 Å². The lowest BCUT2D eigenvalue weighted by atomic mass is 10.1. The molecule has 0 radical (unpaired) electrons. The molecule has 2 aromatic carbocycles. The predicted octanol–water partition coefficient (Wildman–Crippen LogP) is 5.07. The summed E-state index contributed by atoms with van der Waals surface area (Å²) in [6.07, 6.45) is 1.45. The number of anilines is 3. The van der Waals surface area contributed by atoms with Crippen LogP contribution in [0.25, 0.3) is 16.8 Å². The van der Waals surface area contributed by atoms with Gasteiger partial charge in [-0.05, 0) is 61.5 Å². The van der Waals surface area contributed by atoms with E-state index in [9.17, 15) is 5.11 Å². The van der Waals surface area contributed by atoms with E-state index < -0.39 is 0 Å². The van der Waals surface area contributed by atoms with Crippen molar-refractivity contribution in [1.82, 2.24) is 19.5 Å². The average molecular weight is 619 g/mol. The number of rotatable bonds is 7. The Morgan fingerprint density at radius 3 is 2.50 bits per heavy atom. The molecule has 5 rings (SSSR count). The van der Waals surface area contributed by atoms with E-state index >= 15 is 0 Å². The van der Waals surface area contributed by atoms with Crippen molar-refractivity contribution in [2.45, 2.75) is 17.1 Å². The number of ether oxygens (including phenoxy) is 1. The quantitative estimate of drug-likeness (QED) is 0.170. The van der Waals surface area contributed by atoms with E-state index in [0.717, 1.165) is 54.4 Å². The van der Waals surface area contributed by atoms with E-state index in [1.165, 1.54) is 5.69 Å². The lowest BCUT2D eigenvalue weighted by Crippen LogP contribution is -2.51. The molecule has 36 heavy (non-hydrogen) atoms. The number of hydrogen-bond acceptors (Lipinski definition) is 7. The fourth-order valence-corrected chi connectivity index (χ4v) is 5.19. The predicted molar refractivity (Wildman–Crippen MR) is 153 cm³/mol. The zero-order valence-corrected chi connectivity index (χ0v) is 23.0. The van der Waals surface area contributed by atoms with E-state index in [1.54, 1.807) is 19.4 Å². The SMILES string of the molecule is COc1ccc(Cl)cc1-c1ccc2cnc(Nc3ccc(N4CCN([C@H](I)C(C)O)CC4)cc3)nn12. The average Bonchev–Trinajstić information content (AvgIpc) is 3.32. The van der Waals surface area contributed by atoms with Gasteiger partial charge in [-0.3, -0.25) is 4.90 Å². The first-order valence-corrected chi connectivity index (χ1v) is 13.4. The number of hydrogen-bond donors (Lipinski definition) is 2. The molecule has 2 N–H and O–H groups in total. The highest BCUT2D eigenvalue weighted by molar-refractivity contribution is 14.1. The lowest BCUT2D eigenvalue weighted by molar-refractivity contribution is 0.112. The molecule has 1 saturated heterocycles. The van der Waals surface area contributed by atoms with Crippen LogP contribution in [0.15, 0.2) is 60.8 Å². The van der Waals surface area contributed by atoms with Gasteiger partial charge in [0.25, 0.3) is 0 Å². The molecule has 1 aliphatic rings. The maximum Gasteiger partial charge on any atom is 0.245 e. The highest BCUT2D eigenvalue weighted by Gasteiger charge is 2.25. The zero-order chi connectivity index (χ0) is 25.2. The van der Waals surface area contributed by atoms with Crippen LogP contribution in [0.3, 0.4) is 0 Å². The smallest absolute Gasteiger partial charge is 0.245 e.